The van der Waals surface area contributed by atoms with Gasteiger partial charge in [-0.1, -0.05) is 24.3 Å². The van der Waals surface area contributed by atoms with Gasteiger partial charge < -0.3 is 10.5 Å². The molecule has 1 aromatic carbocycles. The molecule has 0 spiro atoms. The number of Topliss-reactive ketones (excluding diaryl/α,β-unsaturated/α-hetero) is 1. The maximum atomic E-state index is 11.5. The summed E-state index contributed by atoms with van der Waals surface area (Å²) in [5, 5.41) is 0. The number of allylic oxidation sites excluding steroid dienone is 1. The molecule has 0 radical (unpaired) electrons. The summed E-state index contributed by atoms with van der Waals surface area (Å²) in [6.07, 6.45) is 0. The summed E-state index contributed by atoms with van der Waals surface area (Å²) in [4.78, 5) is 11.5. The van der Waals surface area contributed by atoms with Crippen LogP contribution in [0.15, 0.2) is 30.0 Å². The molecule has 1 aromatic rings. The average molecular weight is 175 g/mol. The van der Waals surface area contributed by atoms with Crippen molar-refractivity contribution in [2.75, 3.05) is 7.11 Å². The number of nitrogens with two attached hydrogens (primary N) is 1. The van der Waals surface area contributed by atoms with Crippen molar-refractivity contribution in [2.45, 2.75) is 0 Å². The molecule has 0 bridgehead atoms. The van der Waals surface area contributed by atoms with Crippen LogP contribution in [0.25, 0.3) is 5.76 Å². The Morgan fingerprint density at radius 2 is 1.85 bits per heavy atom. The maximum absolute atomic E-state index is 11.5. The van der Waals surface area contributed by atoms with Crippen molar-refractivity contribution in [1.82, 2.24) is 0 Å². The van der Waals surface area contributed by atoms with E-state index >= 15 is 0 Å². The Bertz CT molecular complexity index is 407. The van der Waals surface area contributed by atoms with Gasteiger partial charge >= 0.3 is 0 Å². The zero-order chi connectivity index (χ0) is 9.42. The number of rotatable bonds is 1. The number of hydrogen-bond donors (Lipinski definition) is 1. The van der Waals surface area contributed by atoms with Gasteiger partial charge in [-0.2, -0.15) is 0 Å². The highest BCUT2D eigenvalue weighted by molar-refractivity contribution is 6.19. The molecule has 0 aliphatic heterocycles. The van der Waals surface area contributed by atoms with E-state index in [-0.39, 0.29) is 11.5 Å². The van der Waals surface area contributed by atoms with Gasteiger partial charge in [-0.25, -0.2) is 0 Å². The predicted molar refractivity (Wildman–Crippen MR) is 48.9 cm³/mol. The highest BCUT2D eigenvalue weighted by Crippen LogP contribution is 2.30. The SMILES string of the molecule is COC1=C(N)C(=O)c2ccccc21. The number of benzene rings is 1. The highest BCUT2D eigenvalue weighted by atomic mass is 16.5. The average Bonchev–Trinajstić information content (AvgIpc) is 2.41. The van der Waals surface area contributed by atoms with Crippen LogP contribution in [0.1, 0.15) is 15.9 Å². The van der Waals surface area contributed by atoms with Crippen molar-refractivity contribution in [3.63, 3.8) is 0 Å². The Hall–Kier alpha value is -1.77. The molecule has 0 aromatic heterocycles. The fraction of sp³-hybridized carbons (Fsp3) is 0.100. The van der Waals surface area contributed by atoms with Crippen molar-refractivity contribution >= 4 is 11.5 Å². The Morgan fingerprint density at radius 1 is 1.23 bits per heavy atom. The normalized spacial score (nSPS) is 14.7. The van der Waals surface area contributed by atoms with E-state index in [0.29, 0.717) is 11.3 Å². The van der Waals surface area contributed by atoms with Gasteiger partial charge in [-0.3, -0.25) is 4.79 Å². The van der Waals surface area contributed by atoms with Gasteiger partial charge in [0.1, 0.15) is 5.70 Å². The lowest BCUT2D eigenvalue weighted by Crippen LogP contribution is -2.07. The molecule has 3 nitrogen and oxygen atoms in total. The fourth-order valence-electron chi connectivity index (χ4n) is 1.49. The number of hydrogen-bond acceptors (Lipinski definition) is 3. The molecule has 66 valence electrons. The van der Waals surface area contributed by atoms with Gasteiger partial charge in [0.05, 0.1) is 7.11 Å². The molecule has 1 aliphatic carbocycles. The minimum absolute atomic E-state index is 0.146. The van der Waals surface area contributed by atoms with Crippen LogP contribution in [0, 0.1) is 0 Å². The first-order valence-corrected chi connectivity index (χ1v) is 3.93. The van der Waals surface area contributed by atoms with Crippen molar-refractivity contribution in [3.05, 3.63) is 41.1 Å². The van der Waals surface area contributed by atoms with E-state index in [2.05, 4.69) is 0 Å². The number of carbonyl (C=O) groups is 1. The summed E-state index contributed by atoms with van der Waals surface area (Å²) in [7, 11) is 1.51. The summed E-state index contributed by atoms with van der Waals surface area (Å²) < 4.78 is 5.05. The fourth-order valence-corrected chi connectivity index (χ4v) is 1.49. The first kappa shape index (κ1) is 7.86. The second-order valence-corrected chi connectivity index (χ2v) is 2.82. The standard InChI is InChI=1S/C10H9NO2/c1-13-10-7-5-3-2-4-6(7)9(12)8(10)11/h2-5H,1H3,(H2,11,12). The molecular weight excluding hydrogens is 166 g/mol. The molecule has 2 rings (SSSR count). The van der Waals surface area contributed by atoms with Crippen LogP contribution in [0.5, 0.6) is 0 Å². The summed E-state index contributed by atoms with van der Waals surface area (Å²) in [6.45, 7) is 0. The van der Waals surface area contributed by atoms with Crippen LogP contribution < -0.4 is 5.73 Å². The Kier molecular flexibility index (Phi) is 1.59. The molecule has 1 aliphatic rings. The van der Waals surface area contributed by atoms with Crippen molar-refractivity contribution in [3.8, 4) is 0 Å². The quantitative estimate of drug-likeness (QED) is 0.696. The van der Waals surface area contributed by atoms with Gasteiger partial charge in [0.15, 0.2) is 5.76 Å². The topological polar surface area (TPSA) is 52.3 Å². The molecule has 0 unspecified atom stereocenters. The third-order valence-corrected chi connectivity index (χ3v) is 2.11. The second-order valence-electron chi connectivity index (χ2n) is 2.82. The summed E-state index contributed by atoms with van der Waals surface area (Å²) in [5.41, 5.74) is 7.19. The van der Waals surface area contributed by atoms with Crippen LogP contribution in [-0.4, -0.2) is 12.9 Å². The molecule has 0 fully saturated rings. The lowest BCUT2D eigenvalue weighted by molar-refractivity contribution is 0.103. The number of carbonyl (C=O) groups excluding carboxylic acids is 1. The van der Waals surface area contributed by atoms with Crippen LogP contribution in [0.4, 0.5) is 0 Å². The van der Waals surface area contributed by atoms with E-state index in [9.17, 15) is 4.79 Å². The zero-order valence-electron chi connectivity index (χ0n) is 7.20. The van der Waals surface area contributed by atoms with Gasteiger partial charge in [0, 0.05) is 11.1 Å². The first-order chi connectivity index (χ1) is 6.25. The lowest BCUT2D eigenvalue weighted by Gasteiger charge is -2.01. The summed E-state index contributed by atoms with van der Waals surface area (Å²) in [5.74, 6) is 0.341. The molecule has 2 N–H and O–H groups in total. The number of ether oxygens (including phenoxy) is 1. The number of methoxy groups -OCH3 is 1. The van der Waals surface area contributed by atoms with E-state index in [1.165, 1.54) is 7.11 Å². The monoisotopic (exact) mass is 175 g/mol. The third kappa shape index (κ3) is 0.935. The van der Waals surface area contributed by atoms with Crippen molar-refractivity contribution in [1.29, 1.82) is 0 Å². The van der Waals surface area contributed by atoms with Crippen LogP contribution in [0.2, 0.25) is 0 Å². The molecule has 0 heterocycles. The van der Waals surface area contributed by atoms with Crippen molar-refractivity contribution in [2.24, 2.45) is 5.73 Å². The number of fused-ring (bicyclic) bond motifs is 1. The van der Waals surface area contributed by atoms with E-state index in [4.69, 9.17) is 10.5 Å². The van der Waals surface area contributed by atoms with Crippen molar-refractivity contribution < 1.29 is 9.53 Å². The van der Waals surface area contributed by atoms with Crippen LogP contribution in [-0.2, 0) is 4.74 Å². The van der Waals surface area contributed by atoms with E-state index in [1.807, 2.05) is 18.2 Å². The van der Waals surface area contributed by atoms with Crippen LogP contribution >= 0.6 is 0 Å². The molecule has 0 saturated carbocycles. The highest BCUT2D eigenvalue weighted by Gasteiger charge is 2.27. The predicted octanol–water partition coefficient (Wildman–Crippen LogP) is 1.16. The molecule has 13 heavy (non-hydrogen) atoms. The van der Waals surface area contributed by atoms with E-state index < -0.39 is 0 Å². The molecule has 0 amide bonds. The Labute approximate surface area is 75.8 Å². The molecule has 0 saturated heterocycles. The largest absolute Gasteiger partial charge is 0.494 e. The van der Waals surface area contributed by atoms with Crippen LogP contribution in [0.3, 0.4) is 0 Å². The van der Waals surface area contributed by atoms with Gasteiger partial charge in [0.2, 0.25) is 5.78 Å². The third-order valence-electron chi connectivity index (χ3n) is 2.11. The minimum Gasteiger partial charge on any atom is -0.494 e. The zero-order valence-corrected chi connectivity index (χ0v) is 7.20. The van der Waals surface area contributed by atoms with Gasteiger partial charge in [0.25, 0.3) is 0 Å². The first-order valence-electron chi connectivity index (χ1n) is 3.93. The lowest BCUT2D eigenvalue weighted by atomic mass is 10.1. The summed E-state index contributed by atoms with van der Waals surface area (Å²) >= 11 is 0. The molecule has 3 heteroatoms. The second kappa shape index (κ2) is 2.62. The van der Waals surface area contributed by atoms with E-state index in [1.54, 1.807) is 6.07 Å². The molecular formula is C10H9NO2. The van der Waals surface area contributed by atoms with Gasteiger partial charge in [-0.15, -0.1) is 0 Å². The maximum Gasteiger partial charge on any atom is 0.213 e. The van der Waals surface area contributed by atoms with Gasteiger partial charge in [-0.05, 0) is 0 Å². The summed E-state index contributed by atoms with van der Waals surface area (Å²) in [6, 6.07) is 7.23. The number of ketones is 1. The smallest absolute Gasteiger partial charge is 0.213 e. The van der Waals surface area contributed by atoms with E-state index in [0.717, 1.165) is 5.56 Å². The Balaban J connectivity index is 2.67. The molecule has 0 atom stereocenters. The minimum atomic E-state index is -0.146. The Morgan fingerprint density at radius 3 is 2.46 bits per heavy atom.